The summed E-state index contributed by atoms with van der Waals surface area (Å²) in [6.45, 7) is 0. The van der Waals surface area contributed by atoms with Gasteiger partial charge < -0.3 is 0 Å². The second-order valence-electron chi connectivity index (χ2n) is 8.62. The number of nitrogens with zero attached hydrogens (tertiary/aromatic N) is 2. The van der Waals surface area contributed by atoms with E-state index in [1.807, 2.05) is 0 Å². The van der Waals surface area contributed by atoms with Crippen LogP contribution in [-0.2, 0) is 9.59 Å². The molecule has 0 aromatic heterocycles. The van der Waals surface area contributed by atoms with E-state index >= 15 is 0 Å². The van der Waals surface area contributed by atoms with E-state index in [2.05, 4.69) is 0 Å². The van der Waals surface area contributed by atoms with Crippen LogP contribution in [0.4, 0.5) is 4.39 Å². The van der Waals surface area contributed by atoms with Gasteiger partial charge in [-0.3, -0.25) is 19.2 Å². The van der Waals surface area contributed by atoms with Crippen molar-refractivity contribution in [1.29, 1.82) is 0 Å². The Morgan fingerprint density at radius 1 is 1.00 bits per heavy atom. The van der Waals surface area contributed by atoms with Crippen LogP contribution in [0, 0.1) is 17.7 Å². The first kappa shape index (κ1) is 25.6. The third kappa shape index (κ3) is 4.95. The van der Waals surface area contributed by atoms with Crippen LogP contribution in [0.2, 0.25) is 10.0 Å². The Labute approximate surface area is 216 Å². The molecule has 0 N–H and O–H groups in total. The van der Waals surface area contributed by atoms with E-state index in [1.165, 1.54) is 30.3 Å². The normalized spacial score (nSPS) is 20.5. The van der Waals surface area contributed by atoms with Crippen molar-refractivity contribution < 1.29 is 23.6 Å². The lowest BCUT2D eigenvalue weighted by Crippen LogP contribution is -2.57. The molecule has 1 aliphatic heterocycles. The smallest absolute Gasteiger partial charge is 0.275 e. The summed E-state index contributed by atoms with van der Waals surface area (Å²) in [6.07, 6.45) is 2.60. The summed E-state index contributed by atoms with van der Waals surface area (Å²) in [5, 5.41) is 2.00. The number of imide groups is 1. The molecule has 3 atom stereocenters. The molecule has 35 heavy (non-hydrogen) atoms. The van der Waals surface area contributed by atoms with Gasteiger partial charge in [-0.25, -0.2) is 9.40 Å². The fraction of sp³-hybridized carbons (Fsp3) is 0.360. The third-order valence-electron chi connectivity index (χ3n) is 6.51. The van der Waals surface area contributed by atoms with Crippen LogP contribution in [0.15, 0.2) is 42.5 Å². The lowest BCUT2D eigenvalue weighted by molar-refractivity contribution is -0.156. The van der Waals surface area contributed by atoms with Crippen LogP contribution in [0.3, 0.4) is 0 Å². The molecule has 4 rings (SSSR count). The monoisotopic (exact) mass is 538 g/mol. The van der Waals surface area contributed by atoms with Crippen LogP contribution in [0.5, 0.6) is 0 Å². The van der Waals surface area contributed by atoms with Crippen molar-refractivity contribution in [2.75, 3.05) is 5.88 Å². The van der Waals surface area contributed by atoms with Gasteiger partial charge in [-0.15, -0.1) is 11.6 Å². The molecule has 6 nitrogen and oxygen atoms in total. The molecular weight excluding hydrogens is 518 g/mol. The highest BCUT2D eigenvalue weighted by molar-refractivity contribution is 6.36. The first-order valence-electron chi connectivity index (χ1n) is 11.3. The molecule has 2 aromatic rings. The molecule has 0 unspecified atom stereocenters. The summed E-state index contributed by atoms with van der Waals surface area (Å²) in [4.78, 5) is 54.3. The van der Waals surface area contributed by atoms with E-state index < -0.39 is 47.2 Å². The number of hydrogen-bond acceptors (Lipinski definition) is 4. The molecular formula is C25H22Cl3FN2O4. The quantitative estimate of drug-likeness (QED) is 0.263. The maximum atomic E-state index is 13.9. The Bertz CT molecular complexity index is 1150. The number of carbonyl (C=O) groups excluding carboxylic acids is 4. The van der Waals surface area contributed by atoms with E-state index in [1.54, 1.807) is 0 Å². The van der Waals surface area contributed by atoms with Crippen molar-refractivity contribution in [3.05, 3.63) is 69.5 Å². The van der Waals surface area contributed by atoms with E-state index in [4.69, 9.17) is 34.8 Å². The van der Waals surface area contributed by atoms with E-state index in [0.717, 1.165) is 35.0 Å². The van der Waals surface area contributed by atoms with E-state index in [-0.39, 0.29) is 33.5 Å². The molecule has 2 aliphatic rings. The van der Waals surface area contributed by atoms with Crippen molar-refractivity contribution in [2.45, 2.75) is 38.1 Å². The van der Waals surface area contributed by atoms with Gasteiger partial charge in [-0.1, -0.05) is 36.0 Å². The standard InChI is InChI=1S/C25H22Cl3FN2O4/c26-12-11-21(22(32)14-5-8-16(29)9-6-14)30(25(35)19-10-7-15(27)13-20(19)28)31-23(33)17-3-1-2-4-18(17)24(31)34/h5-10,13,17-18,21H,1-4,11-12H2/t17-,18+,21-/m1/s1. The molecule has 0 radical (unpaired) electrons. The van der Waals surface area contributed by atoms with Crippen LogP contribution in [-0.4, -0.2) is 45.4 Å². The fourth-order valence-corrected chi connectivity index (χ4v) is 5.49. The zero-order valence-corrected chi connectivity index (χ0v) is 20.8. The number of carbonyl (C=O) groups is 4. The topological polar surface area (TPSA) is 74.8 Å². The Kier molecular flexibility index (Phi) is 7.79. The van der Waals surface area contributed by atoms with Crippen LogP contribution in [0.25, 0.3) is 0 Å². The van der Waals surface area contributed by atoms with Gasteiger partial charge in [0.2, 0.25) is 0 Å². The SMILES string of the molecule is O=C(c1ccc(F)cc1)[C@@H](CCCl)N(C(=O)c1ccc(Cl)cc1Cl)N1C(=O)[C@H]2CCCC[C@H]2C1=O. The van der Waals surface area contributed by atoms with Gasteiger partial charge in [-0.2, -0.15) is 5.01 Å². The van der Waals surface area contributed by atoms with E-state index in [0.29, 0.717) is 12.8 Å². The van der Waals surface area contributed by atoms with Crippen molar-refractivity contribution in [1.82, 2.24) is 10.0 Å². The molecule has 1 saturated carbocycles. The van der Waals surface area contributed by atoms with Crippen LogP contribution in [0.1, 0.15) is 52.8 Å². The first-order valence-corrected chi connectivity index (χ1v) is 12.6. The third-order valence-corrected chi connectivity index (χ3v) is 7.28. The molecule has 1 saturated heterocycles. The molecule has 10 heteroatoms. The van der Waals surface area contributed by atoms with Crippen molar-refractivity contribution >= 4 is 58.3 Å². The number of amides is 3. The Hall–Kier alpha value is -2.48. The number of ketones is 1. The summed E-state index contributed by atoms with van der Waals surface area (Å²) < 4.78 is 13.5. The van der Waals surface area contributed by atoms with Gasteiger partial charge in [0, 0.05) is 16.5 Å². The van der Waals surface area contributed by atoms with E-state index in [9.17, 15) is 23.6 Å². The lowest BCUT2D eigenvalue weighted by atomic mass is 9.81. The Balaban J connectivity index is 1.83. The number of hydrazine groups is 1. The summed E-state index contributed by atoms with van der Waals surface area (Å²) in [5.74, 6) is -4.12. The van der Waals surface area contributed by atoms with Crippen molar-refractivity contribution in [3.8, 4) is 0 Å². The van der Waals surface area contributed by atoms with Gasteiger partial charge in [0.1, 0.15) is 11.9 Å². The Morgan fingerprint density at radius 3 is 2.14 bits per heavy atom. The molecule has 2 fully saturated rings. The molecule has 3 amide bonds. The largest absolute Gasteiger partial charge is 0.292 e. The zero-order chi connectivity index (χ0) is 25.3. The number of alkyl halides is 1. The summed E-state index contributed by atoms with van der Waals surface area (Å²) in [5.41, 5.74) is 0.0797. The van der Waals surface area contributed by atoms with Crippen LogP contribution >= 0.6 is 34.8 Å². The number of benzene rings is 2. The van der Waals surface area contributed by atoms with Gasteiger partial charge in [0.05, 0.1) is 22.4 Å². The molecule has 0 bridgehead atoms. The number of rotatable bonds is 7. The summed E-state index contributed by atoms with van der Waals surface area (Å²) >= 11 is 18.3. The second kappa shape index (κ2) is 10.6. The zero-order valence-electron chi connectivity index (χ0n) is 18.6. The highest BCUT2D eigenvalue weighted by Gasteiger charge is 2.53. The number of hydrogen-bond donors (Lipinski definition) is 0. The molecule has 0 spiro atoms. The number of Topliss-reactive ketones (excluding diaryl/α,β-unsaturated/α-hetero) is 1. The van der Waals surface area contributed by atoms with Gasteiger partial charge in [-0.05, 0) is 61.7 Å². The van der Waals surface area contributed by atoms with Crippen molar-refractivity contribution in [2.24, 2.45) is 11.8 Å². The van der Waals surface area contributed by atoms with Crippen molar-refractivity contribution in [3.63, 3.8) is 0 Å². The highest BCUT2D eigenvalue weighted by Crippen LogP contribution is 2.40. The Morgan fingerprint density at radius 2 is 1.60 bits per heavy atom. The lowest BCUT2D eigenvalue weighted by Gasteiger charge is -2.36. The minimum Gasteiger partial charge on any atom is -0.292 e. The number of fused-ring (bicyclic) bond motifs is 1. The minimum atomic E-state index is -1.30. The van der Waals surface area contributed by atoms with Crippen LogP contribution < -0.4 is 0 Å². The van der Waals surface area contributed by atoms with Gasteiger partial charge in [0.25, 0.3) is 17.7 Å². The molecule has 2 aromatic carbocycles. The van der Waals surface area contributed by atoms with Gasteiger partial charge >= 0.3 is 0 Å². The summed E-state index contributed by atoms with van der Waals surface area (Å²) in [7, 11) is 0. The maximum Gasteiger partial charge on any atom is 0.275 e. The summed E-state index contributed by atoms with van der Waals surface area (Å²) in [6, 6.07) is 7.68. The average molecular weight is 540 g/mol. The first-order chi connectivity index (χ1) is 16.7. The highest BCUT2D eigenvalue weighted by atomic mass is 35.5. The maximum absolute atomic E-state index is 13.9. The molecule has 1 aliphatic carbocycles. The average Bonchev–Trinajstić information content (AvgIpc) is 3.09. The second-order valence-corrected chi connectivity index (χ2v) is 9.85. The minimum absolute atomic E-state index is 0.00265. The predicted molar refractivity (Wildman–Crippen MR) is 130 cm³/mol. The van der Waals surface area contributed by atoms with Gasteiger partial charge in [0.15, 0.2) is 5.78 Å². The predicted octanol–water partition coefficient (Wildman–Crippen LogP) is 5.55. The molecule has 1 heterocycles. The fourth-order valence-electron chi connectivity index (χ4n) is 4.79. The molecule has 184 valence electrons. The number of halogens is 4.